The lowest BCUT2D eigenvalue weighted by molar-refractivity contribution is 0.193. The Hall–Kier alpha value is 1.35. The van der Waals surface area contributed by atoms with Gasteiger partial charge in [0.1, 0.15) is 0 Å². The van der Waals surface area contributed by atoms with Crippen LogP contribution >= 0.6 is 50.7 Å². The second-order valence-corrected chi connectivity index (χ2v) is 6.95. The predicted octanol–water partition coefficient (Wildman–Crippen LogP) is 4.78. The molecule has 0 aromatic heterocycles. The van der Waals surface area contributed by atoms with E-state index in [0.717, 1.165) is 24.6 Å². The molecule has 1 rings (SSSR count). The maximum absolute atomic E-state index is 6.42. The number of halogens is 4. The highest BCUT2D eigenvalue weighted by molar-refractivity contribution is 9.09. The van der Waals surface area contributed by atoms with Crippen LogP contribution in [0.15, 0.2) is 0 Å². The Labute approximate surface area is 110 Å². The highest BCUT2D eigenvalue weighted by atomic mass is 79.9. The lowest BCUT2D eigenvalue weighted by Gasteiger charge is -2.48. The summed E-state index contributed by atoms with van der Waals surface area (Å²) in [7, 11) is 0. The molecule has 0 aromatic carbocycles. The molecule has 0 spiro atoms. The van der Waals surface area contributed by atoms with Crippen molar-refractivity contribution in [2.45, 2.75) is 48.7 Å². The second-order valence-electron chi connectivity index (χ2n) is 4.48. The molecule has 0 N–H and O–H groups in total. The van der Waals surface area contributed by atoms with Crippen molar-refractivity contribution in [3.05, 3.63) is 0 Å². The van der Waals surface area contributed by atoms with E-state index in [1.165, 1.54) is 0 Å². The summed E-state index contributed by atoms with van der Waals surface area (Å²) in [4.78, 5) is -0.323. The fourth-order valence-electron chi connectivity index (χ4n) is 2.16. The Bertz CT molecular complexity index is 202. The first-order valence-electron chi connectivity index (χ1n) is 4.91. The summed E-state index contributed by atoms with van der Waals surface area (Å²) in [5.41, 5.74) is 0.101. The molecule has 0 unspecified atom stereocenters. The fraction of sp³-hybridized carbons (Fsp3) is 1.00. The standard InChI is InChI=1S/C10H16BrCl3/c1-3-10(6-11)5-9(2,14)7(12)4-8(10)13/h7-8H,3-6H2,1-2H3/t7-,8+,9+,10-/m0/s1. The third-order valence-electron chi connectivity index (χ3n) is 3.40. The Kier molecular flexibility index (Phi) is 4.49. The smallest absolute Gasteiger partial charge is 0.0588 e. The molecule has 1 fully saturated rings. The minimum Gasteiger partial charge on any atom is -0.122 e. The lowest BCUT2D eigenvalue weighted by atomic mass is 9.69. The fourth-order valence-corrected chi connectivity index (χ4v) is 4.52. The van der Waals surface area contributed by atoms with Crippen LogP contribution in [0.5, 0.6) is 0 Å². The molecular weight excluding hydrogens is 306 g/mol. The molecule has 0 heterocycles. The minimum absolute atomic E-state index is 0.0228. The highest BCUT2D eigenvalue weighted by Crippen LogP contribution is 2.51. The first-order chi connectivity index (χ1) is 6.38. The lowest BCUT2D eigenvalue weighted by Crippen LogP contribution is -2.50. The van der Waals surface area contributed by atoms with Crippen molar-refractivity contribution in [2.75, 3.05) is 5.33 Å². The monoisotopic (exact) mass is 320 g/mol. The van der Waals surface area contributed by atoms with Gasteiger partial charge < -0.3 is 0 Å². The molecule has 0 aromatic rings. The molecule has 0 nitrogen and oxygen atoms in total. The van der Waals surface area contributed by atoms with Crippen LogP contribution in [0.1, 0.15) is 33.1 Å². The Morgan fingerprint density at radius 3 is 2.36 bits per heavy atom. The third-order valence-corrected chi connectivity index (χ3v) is 6.33. The average molecular weight is 323 g/mol. The molecule has 1 aliphatic rings. The Morgan fingerprint density at radius 1 is 1.36 bits per heavy atom. The van der Waals surface area contributed by atoms with Crippen molar-refractivity contribution < 1.29 is 0 Å². The van der Waals surface area contributed by atoms with Gasteiger partial charge in [-0.3, -0.25) is 0 Å². The van der Waals surface area contributed by atoms with Crippen LogP contribution < -0.4 is 0 Å². The normalized spacial score (nSPS) is 49.3. The van der Waals surface area contributed by atoms with E-state index in [0.29, 0.717) is 0 Å². The van der Waals surface area contributed by atoms with Crippen molar-refractivity contribution in [1.82, 2.24) is 0 Å². The number of alkyl halides is 4. The van der Waals surface area contributed by atoms with Gasteiger partial charge in [-0.1, -0.05) is 22.9 Å². The maximum Gasteiger partial charge on any atom is 0.0588 e. The quantitative estimate of drug-likeness (QED) is 0.642. The molecule has 4 atom stereocenters. The SMILES string of the molecule is CC[C@@]1(CBr)C[C@@](C)(Cl)[C@@H](Cl)C[C@H]1Cl. The van der Waals surface area contributed by atoms with Gasteiger partial charge in [-0.05, 0) is 31.6 Å². The van der Waals surface area contributed by atoms with E-state index in [-0.39, 0.29) is 21.0 Å². The van der Waals surface area contributed by atoms with Crippen molar-refractivity contribution in [3.63, 3.8) is 0 Å². The molecule has 14 heavy (non-hydrogen) atoms. The van der Waals surface area contributed by atoms with E-state index < -0.39 is 0 Å². The van der Waals surface area contributed by atoms with Gasteiger partial charge in [0.15, 0.2) is 0 Å². The van der Waals surface area contributed by atoms with E-state index in [9.17, 15) is 0 Å². The maximum atomic E-state index is 6.42. The first-order valence-corrected chi connectivity index (χ1v) is 7.28. The van der Waals surface area contributed by atoms with Crippen LogP contribution in [-0.2, 0) is 0 Å². The predicted molar refractivity (Wildman–Crippen MR) is 69.3 cm³/mol. The highest BCUT2D eigenvalue weighted by Gasteiger charge is 2.49. The van der Waals surface area contributed by atoms with Gasteiger partial charge in [-0.2, -0.15) is 0 Å². The largest absolute Gasteiger partial charge is 0.122 e. The zero-order chi connectivity index (χ0) is 11.0. The number of rotatable bonds is 2. The summed E-state index contributed by atoms with van der Waals surface area (Å²) in [5.74, 6) is 0. The summed E-state index contributed by atoms with van der Waals surface area (Å²) in [6.45, 7) is 4.18. The zero-order valence-corrected chi connectivity index (χ0v) is 12.3. The zero-order valence-electron chi connectivity index (χ0n) is 8.49. The summed E-state index contributed by atoms with van der Waals surface area (Å²) in [6, 6.07) is 0. The van der Waals surface area contributed by atoms with E-state index in [4.69, 9.17) is 34.8 Å². The van der Waals surface area contributed by atoms with Gasteiger partial charge in [-0.25, -0.2) is 0 Å². The summed E-state index contributed by atoms with van der Waals surface area (Å²) < 4.78 is 0. The van der Waals surface area contributed by atoms with Crippen molar-refractivity contribution in [2.24, 2.45) is 5.41 Å². The molecule has 84 valence electrons. The molecule has 0 aliphatic heterocycles. The second kappa shape index (κ2) is 4.69. The Balaban J connectivity index is 2.88. The average Bonchev–Trinajstić information content (AvgIpc) is 2.12. The Morgan fingerprint density at radius 2 is 1.93 bits per heavy atom. The van der Waals surface area contributed by atoms with Crippen LogP contribution in [-0.4, -0.2) is 21.0 Å². The molecule has 0 bridgehead atoms. The van der Waals surface area contributed by atoms with E-state index in [1.54, 1.807) is 0 Å². The van der Waals surface area contributed by atoms with Crippen LogP contribution in [0.25, 0.3) is 0 Å². The summed E-state index contributed by atoms with van der Waals surface area (Å²) in [6.07, 6.45) is 2.71. The van der Waals surface area contributed by atoms with E-state index >= 15 is 0 Å². The molecule has 0 radical (unpaired) electrons. The number of hydrogen-bond acceptors (Lipinski definition) is 0. The topological polar surface area (TPSA) is 0 Å². The van der Waals surface area contributed by atoms with E-state index in [2.05, 4.69) is 22.9 Å². The van der Waals surface area contributed by atoms with Crippen molar-refractivity contribution in [3.8, 4) is 0 Å². The molecule has 4 heteroatoms. The van der Waals surface area contributed by atoms with E-state index in [1.807, 2.05) is 6.92 Å². The van der Waals surface area contributed by atoms with Crippen molar-refractivity contribution in [1.29, 1.82) is 0 Å². The van der Waals surface area contributed by atoms with Crippen LogP contribution in [0.3, 0.4) is 0 Å². The summed E-state index contributed by atoms with van der Waals surface area (Å²) >= 11 is 22.6. The van der Waals surface area contributed by atoms with Gasteiger partial charge in [0.05, 0.1) is 10.3 Å². The van der Waals surface area contributed by atoms with Crippen LogP contribution in [0.4, 0.5) is 0 Å². The van der Waals surface area contributed by atoms with Gasteiger partial charge in [-0.15, -0.1) is 34.8 Å². The van der Waals surface area contributed by atoms with Gasteiger partial charge >= 0.3 is 0 Å². The van der Waals surface area contributed by atoms with Gasteiger partial charge in [0.25, 0.3) is 0 Å². The van der Waals surface area contributed by atoms with Gasteiger partial charge in [0.2, 0.25) is 0 Å². The van der Waals surface area contributed by atoms with Gasteiger partial charge in [0, 0.05) is 10.7 Å². The molecular formula is C10H16BrCl3. The van der Waals surface area contributed by atoms with Crippen LogP contribution in [0, 0.1) is 5.41 Å². The third kappa shape index (κ3) is 2.36. The first kappa shape index (κ1) is 13.4. The molecule has 0 saturated heterocycles. The number of hydrogen-bond donors (Lipinski definition) is 0. The summed E-state index contributed by atoms with van der Waals surface area (Å²) in [5, 5.41) is 1.00. The van der Waals surface area contributed by atoms with Crippen LogP contribution in [0.2, 0.25) is 0 Å². The molecule has 1 saturated carbocycles. The molecule has 1 aliphatic carbocycles. The molecule has 0 amide bonds. The minimum atomic E-state index is -0.323. The van der Waals surface area contributed by atoms with Crippen molar-refractivity contribution >= 4 is 50.7 Å².